The second-order valence-electron chi connectivity index (χ2n) is 8.05. The van der Waals surface area contributed by atoms with E-state index in [9.17, 15) is 18.8 Å². The van der Waals surface area contributed by atoms with E-state index in [0.717, 1.165) is 21.4 Å². The Morgan fingerprint density at radius 2 is 1.77 bits per heavy atom. The highest BCUT2D eigenvalue weighted by atomic mass is 19.1. The van der Waals surface area contributed by atoms with Crippen LogP contribution in [0.25, 0.3) is 17.0 Å². The summed E-state index contributed by atoms with van der Waals surface area (Å²) in [6, 6.07) is 19.4. The number of fused-ring (bicyclic) bond motifs is 1. The van der Waals surface area contributed by atoms with E-state index in [1.54, 1.807) is 36.4 Å². The van der Waals surface area contributed by atoms with E-state index >= 15 is 0 Å². The molecule has 0 saturated carbocycles. The first-order valence-electron chi connectivity index (χ1n) is 10.8. The maximum atomic E-state index is 13.5. The van der Waals surface area contributed by atoms with Crippen LogP contribution in [0.2, 0.25) is 0 Å². The van der Waals surface area contributed by atoms with Crippen LogP contribution in [0.3, 0.4) is 0 Å². The molecule has 0 bridgehead atoms. The second-order valence-corrected chi connectivity index (χ2v) is 8.05. The Hall–Kier alpha value is -4.72. The Bertz CT molecular complexity index is 1500. The van der Waals surface area contributed by atoms with Gasteiger partial charge in [0, 0.05) is 23.6 Å². The number of benzene rings is 3. The van der Waals surface area contributed by atoms with Crippen molar-refractivity contribution in [1.82, 2.24) is 9.88 Å². The summed E-state index contributed by atoms with van der Waals surface area (Å²) in [4.78, 5) is 38.9. The Morgan fingerprint density at radius 1 is 0.971 bits per heavy atom. The lowest BCUT2D eigenvalue weighted by molar-refractivity contribution is -0.122. The molecule has 3 aromatic carbocycles. The second kappa shape index (κ2) is 8.90. The molecule has 8 heteroatoms. The fourth-order valence-corrected chi connectivity index (χ4v) is 4.07. The summed E-state index contributed by atoms with van der Waals surface area (Å²) < 4.78 is 20.6. The van der Waals surface area contributed by atoms with Crippen molar-refractivity contribution in [1.29, 1.82) is 0 Å². The fraction of sp³-hybridized carbons (Fsp3) is 0.0741. The normalized spacial score (nSPS) is 15.1. The molecule has 0 radical (unpaired) electrons. The molecule has 1 aliphatic rings. The van der Waals surface area contributed by atoms with Gasteiger partial charge in [0.15, 0.2) is 0 Å². The standard InChI is InChI=1S/C27H20FN3O4/c1-35-22-8-6-21(7-9-22)31-26(33)23(25(32)29-27(31)34)15-17-5-10-24-19(13-17)11-12-30(24)16-18-3-2-4-20(28)14-18/h2-15H,16H2,1H3,(H,29,32,34)/b23-15-. The van der Waals surface area contributed by atoms with Crippen molar-refractivity contribution in [3.05, 3.63) is 102 Å². The predicted octanol–water partition coefficient (Wildman–Crippen LogP) is 4.50. The number of aromatic nitrogens is 1. The molecule has 2 heterocycles. The van der Waals surface area contributed by atoms with Gasteiger partial charge in [-0.2, -0.15) is 0 Å². The van der Waals surface area contributed by atoms with E-state index in [4.69, 9.17) is 4.74 Å². The molecule has 0 unspecified atom stereocenters. The van der Waals surface area contributed by atoms with Crippen molar-refractivity contribution in [3.8, 4) is 5.75 Å². The molecule has 7 nitrogen and oxygen atoms in total. The Kier molecular flexibility index (Phi) is 5.62. The minimum atomic E-state index is -0.813. The third-order valence-corrected chi connectivity index (χ3v) is 5.78. The molecule has 0 atom stereocenters. The lowest BCUT2D eigenvalue weighted by Gasteiger charge is -2.26. The van der Waals surface area contributed by atoms with Gasteiger partial charge in [0.25, 0.3) is 11.8 Å². The number of nitrogens with zero attached hydrogens (tertiary/aromatic N) is 2. The smallest absolute Gasteiger partial charge is 0.335 e. The first-order chi connectivity index (χ1) is 16.9. The van der Waals surface area contributed by atoms with Gasteiger partial charge in [-0.05, 0) is 71.8 Å². The molecule has 5 rings (SSSR count). The number of carbonyl (C=O) groups excluding carboxylic acids is 3. The topological polar surface area (TPSA) is 80.6 Å². The van der Waals surface area contributed by atoms with E-state index in [-0.39, 0.29) is 11.4 Å². The molecule has 1 N–H and O–H groups in total. The number of barbiturate groups is 1. The lowest BCUT2D eigenvalue weighted by Crippen LogP contribution is -2.54. The third kappa shape index (κ3) is 4.29. The third-order valence-electron chi connectivity index (χ3n) is 5.78. The zero-order chi connectivity index (χ0) is 24.5. The molecule has 0 aliphatic carbocycles. The number of methoxy groups -OCH3 is 1. The number of amides is 4. The van der Waals surface area contributed by atoms with Crippen LogP contribution in [0.4, 0.5) is 14.9 Å². The number of halogens is 1. The maximum absolute atomic E-state index is 13.5. The van der Waals surface area contributed by atoms with Gasteiger partial charge in [-0.3, -0.25) is 14.9 Å². The molecular formula is C27H20FN3O4. The zero-order valence-corrected chi connectivity index (χ0v) is 18.7. The molecular weight excluding hydrogens is 449 g/mol. The fourth-order valence-electron chi connectivity index (χ4n) is 4.07. The van der Waals surface area contributed by atoms with Crippen molar-refractivity contribution < 1.29 is 23.5 Å². The molecule has 174 valence electrons. The van der Waals surface area contributed by atoms with Crippen molar-refractivity contribution >= 4 is 40.5 Å². The van der Waals surface area contributed by atoms with Gasteiger partial charge < -0.3 is 9.30 Å². The highest BCUT2D eigenvalue weighted by molar-refractivity contribution is 6.39. The Labute approximate surface area is 200 Å². The minimum absolute atomic E-state index is 0.154. The molecule has 4 amide bonds. The number of ether oxygens (including phenoxy) is 1. The average molecular weight is 469 g/mol. The SMILES string of the molecule is COc1ccc(N2C(=O)NC(=O)/C(=C/c3ccc4c(ccn4Cc4cccc(F)c4)c3)C2=O)cc1. The summed E-state index contributed by atoms with van der Waals surface area (Å²) in [5.41, 5.74) is 2.55. The number of rotatable bonds is 5. The van der Waals surface area contributed by atoms with Crippen molar-refractivity contribution in [2.45, 2.75) is 6.54 Å². The van der Waals surface area contributed by atoms with Crippen LogP contribution in [0.5, 0.6) is 5.75 Å². The van der Waals surface area contributed by atoms with E-state index in [1.807, 2.05) is 35.0 Å². The number of imide groups is 2. The van der Waals surface area contributed by atoms with Crippen LogP contribution in [-0.4, -0.2) is 29.5 Å². The van der Waals surface area contributed by atoms with Crippen molar-refractivity contribution in [2.75, 3.05) is 12.0 Å². The number of hydrogen-bond acceptors (Lipinski definition) is 4. The molecule has 0 spiro atoms. The van der Waals surface area contributed by atoms with E-state index in [2.05, 4.69) is 5.32 Å². The number of carbonyl (C=O) groups is 3. The Morgan fingerprint density at radius 3 is 2.51 bits per heavy atom. The number of nitrogens with one attached hydrogen (secondary N) is 1. The number of anilines is 1. The van der Waals surface area contributed by atoms with Gasteiger partial charge in [0.1, 0.15) is 17.1 Å². The van der Waals surface area contributed by atoms with E-state index in [0.29, 0.717) is 23.5 Å². The molecule has 1 aliphatic heterocycles. The van der Waals surface area contributed by atoms with Crippen LogP contribution in [0, 0.1) is 5.82 Å². The minimum Gasteiger partial charge on any atom is -0.497 e. The van der Waals surface area contributed by atoms with Crippen molar-refractivity contribution in [3.63, 3.8) is 0 Å². The highest BCUT2D eigenvalue weighted by Crippen LogP contribution is 2.25. The first-order valence-corrected chi connectivity index (χ1v) is 10.8. The number of urea groups is 1. The van der Waals surface area contributed by atoms with Gasteiger partial charge in [-0.25, -0.2) is 14.1 Å². The van der Waals surface area contributed by atoms with Crippen LogP contribution in [-0.2, 0) is 16.1 Å². The summed E-state index contributed by atoms with van der Waals surface area (Å²) in [6.45, 7) is 0.502. The van der Waals surface area contributed by atoms with E-state index < -0.39 is 17.8 Å². The summed E-state index contributed by atoms with van der Waals surface area (Å²) in [5, 5.41) is 3.11. The quantitative estimate of drug-likeness (QED) is 0.345. The largest absolute Gasteiger partial charge is 0.497 e. The molecule has 1 saturated heterocycles. The van der Waals surface area contributed by atoms with E-state index in [1.165, 1.54) is 25.3 Å². The van der Waals surface area contributed by atoms with Gasteiger partial charge in [-0.1, -0.05) is 18.2 Å². The zero-order valence-electron chi connectivity index (χ0n) is 18.7. The van der Waals surface area contributed by atoms with Crippen molar-refractivity contribution in [2.24, 2.45) is 0 Å². The lowest BCUT2D eigenvalue weighted by atomic mass is 10.1. The van der Waals surface area contributed by atoms with Crippen LogP contribution >= 0.6 is 0 Å². The highest BCUT2D eigenvalue weighted by Gasteiger charge is 2.36. The monoisotopic (exact) mass is 469 g/mol. The molecule has 4 aromatic rings. The molecule has 35 heavy (non-hydrogen) atoms. The number of hydrogen-bond donors (Lipinski definition) is 1. The van der Waals surface area contributed by atoms with Crippen LogP contribution in [0.15, 0.2) is 84.6 Å². The molecule has 1 aromatic heterocycles. The van der Waals surface area contributed by atoms with Gasteiger partial charge in [-0.15, -0.1) is 0 Å². The summed E-state index contributed by atoms with van der Waals surface area (Å²) in [6.07, 6.45) is 3.36. The summed E-state index contributed by atoms with van der Waals surface area (Å²) >= 11 is 0. The average Bonchev–Trinajstić information content (AvgIpc) is 3.24. The van der Waals surface area contributed by atoms with Gasteiger partial charge in [0.05, 0.1) is 12.8 Å². The Balaban J connectivity index is 1.44. The van der Waals surface area contributed by atoms with Crippen LogP contribution in [0.1, 0.15) is 11.1 Å². The van der Waals surface area contributed by atoms with Gasteiger partial charge >= 0.3 is 6.03 Å². The maximum Gasteiger partial charge on any atom is 0.335 e. The molecule has 1 fully saturated rings. The summed E-state index contributed by atoms with van der Waals surface area (Å²) in [7, 11) is 1.51. The van der Waals surface area contributed by atoms with Crippen LogP contribution < -0.4 is 15.0 Å². The van der Waals surface area contributed by atoms with Gasteiger partial charge in [0.2, 0.25) is 0 Å². The predicted molar refractivity (Wildman–Crippen MR) is 129 cm³/mol. The summed E-state index contributed by atoms with van der Waals surface area (Å²) in [5.74, 6) is -1.19. The first kappa shape index (κ1) is 22.1.